The van der Waals surface area contributed by atoms with Crippen LogP contribution >= 0.6 is 23.2 Å². The highest BCUT2D eigenvalue weighted by Gasteiger charge is 2.34. The lowest BCUT2D eigenvalue weighted by Crippen LogP contribution is -2.19. The van der Waals surface area contributed by atoms with Crippen LogP contribution in [0.3, 0.4) is 0 Å². The number of rotatable bonds is 3. The Hall–Kier alpha value is -1.86. The Bertz CT molecular complexity index is 1000. The van der Waals surface area contributed by atoms with Crippen molar-refractivity contribution in [1.29, 1.82) is 0 Å². The first-order valence-electron chi connectivity index (χ1n) is 7.71. The number of likely N-dealkylation sites (N-methyl/N-ethyl adjacent to an activating group) is 1. The number of hydrogen-bond acceptors (Lipinski definition) is 3. The van der Waals surface area contributed by atoms with Crippen LogP contribution in [0.4, 0.5) is 0 Å². The van der Waals surface area contributed by atoms with Crippen LogP contribution in [0, 0.1) is 0 Å². The number of halogens is 2. The summed E-state index contributed by atoms with van der Waals surface area (Å²) in [6, 6.07) is 11.4. The van der Waals surface area contributed by atoms with Crippen LogP contribution in [-0.4, -0.2) is 32.8 Å². The van der Waals surface area contributed by atoms with Gasteiger partial charge in [0.05, 0.1) is 14.9 Å². The van der Waals surface area contributed by atoms with Gasteiger partial charge >= 0.3 is 0 Å². The molecule has 0 aliphatic carbocycles. The molecule has 1 heterocycles. The highest BCUT2D eigenvalue weighted by atomic mass is 35.5. The van der Waals surface area contributed by atoms with Crippen molar-refractivity contribution >= 4 is 45.2 Å². The van der Waals surface area contributed by atoms with Crippen LogP contribution < -0.4 is 5.14 Å². The van der Waals surface area contributed by atoms with Crippen molar-refractivity contribution in [3.8, 4) is 0 Å². The molecule has 0 bridgehead atoms. The summed E-state index contributed by atoms with van der Waals surface area (Å²) < 4.78 is 22.7. The predicted molar refractivity (Wildman–Crippen MR) is 103 cm³/mol. The fraction of sp³-hybridized carbons (Fsp3) is 0.167. The third kappa shape index (κ3) is 3.78. The van der Waals surface area contributed by atoms with Crippen molar-refractivity contribution in [3.63, 3.8) is 0 Å². The van der Waals surface area contributed by atoms with E-state index in [0.29, 0.717) is 27.7 Å². The molecule has 2 aromatic rings. The van der Waals surface area contributed by atoms with Gasteiger partial charge in [-0.25, -0.2) is 13.6 Å². The molecule has 1 saturated heterocycles. The first-order chi connectivity index (χ1) is 12.2. The monoisotopic (exact) mass is 410 g/mol. The number of nitrogens with zero attached hydrogens (tertiary/aromatic N) is 1. The molecule has 3 rings (SSSR count). The highest BCUT2D eigenvalue weighted by molar-refractivity contribution is 7.89. The molecular formula is C18H16Cl2N2O3S. The van der Waals surface area contributed by atoms with Crippen LogP contribution in [-0.2, 0) is 14.8 Å². The Labute approximate surface area is 162 Å². The normalized spacial score (nSPS) is 19.4. The zero-order chi connectivity index (χ0) is 19.1. The van der Waals surface area contributed by atoms with E-state index in [0.717, 1.165) is 5.56 Å². The van der Waals surface area contributed by atoms with Crippen molar-refractivity contribution in [1.82, 2.24) is 4.90 Å². The van der Waals surface area contributed by atoms with Gasteiger partial charge in [0.15, 0.2) is 0 Å². The first-order valence-corrected chi connectivity index (χ1v) is 10.0. The van der Waals surface area contributed by atoms with Gasteiger partial charge in [0.25, 0.3) is 0 Å². The molecule has 2 aromatic carbocycles. The Kier molecular flexibility index (Phi) is 5.12. The topological polar surface area (TPSA) is 80.5 Å². The summed E-state index contributed by atoms with van der Waals surface area (Å²) in [6.07, 6.45) is 1.76. The molecular weight excluding hydrogens is 395 g/mol. The molecule has 1 aliphatic rings. The molecule has 5 nitrogen and oxygen atoms in total. The molecule has 26 heavy (non-hydrogen) atoms. The average Bonchev–Trinajstić information content (AvgIpc) is 2.85. The molecule has 1 aliphatic heterocycles. The second-order valence-corrected chi connectivity index (χ2v) is 8.50. The second-order valence-electron chi connectivity index (χ2n) is 6.13. The third-order valence-corrected chi connectivity index (χ3v) is 5.97. The van der Waals surface area contributed by atoms with Crippen LogP contribution in [0.2, 0.25) is 10.0 Å². The summed E-state index contributed by atoms with van der Waals surface area (Å²) in [5.74, 6) is -0.239. The van der Waals surface area contributed by atoms with E-state index >= 15 is 0 Å². The van der Waals surface area contributed by atoms with E-state index < -0.39 is 10.0 Å². The average molecular weight is 411 g/mol. The minimum Gasteiger partial charge on any atom is -0.341 e. The Balaban J connectivity index is 2.00. The number of nitrogens with two attached hydrogens (primary N) is 1. The lowest BCUT2D eigenvalue weighted by molar-refractivity contribution is -0.123. The minimum absolute atomic E-state index is 0.0237. The quantitative estimate of drug-likeness (QED) is 0.788. The maximum atomic E-state index is 12.6. The number of primary sulfonamides is 1. The molecule has 1 unspecified atom stereocenters. The highest BCUT2D eigenvalue weighted by Crippen LogP contribution is 2.36. The molecule has 0 spiro atoms. The van der Waals surface area contributed by atoms with Crippen LogP contribution in [0.1, 0.15) is 17.0 Å². The number of benzene rings is 2. The van der Waals surface area contributed by atoms with Gasteiger partial charge in [-0.2, -0.15) is 0 Å². The summed E-state index contributed by atoms with van der Waals surface area (Å²) in [4.78, 5) is 14.2. The van der Waals surface area contributed by atoms with E-state index in [9.17, 15) is 13.2 Å². The number of carbonyl (C=O) groups excluding carboxylic acids is 1. The molecule has 136 valence electrons. The van der Waals surface area contributed by atoms with Crippen LogP contribution in [0.5, 0.6) is 0 Å². The van der Waals surface area contributed by atoms with Gasteiger partial charge in [0, 0.05) is 25.1 Å². The number of hydrogen-bond donors (Lipinski definition) is 1. The van der Waals surface area contributed by atoms with Crippen molar-refractivity contribution in [2.24, 2.45) is 5.14 Å². The maximum Gasteiger partial charge on any atom is 0.250 e. The van der Waals surface area contributed by atoms with Crippen LogP contribution in [0.15, 0.2) is 52.9 Å². The number of sulfonamides is 1. The van der Waals surface area contributed by atoms with E-state index in [1.165, 1.54) is 12.1 Å². The molecule has 0 radical (unpaired) electrons. The Morgan fingerprint density at radius 3 is 2.35 bits per heavy atom. The van der Waals surface area contributed by atoms with E-state index in [1.807, 2.05) is 6.07 Å². The lowest BCUT2D eigenvalue weighted by atomic mass is 9.92. The summed E-state index contributed by atoms with van der Waals surface area (Å²) in [5, 5.41) is 6.00. The van der Waals surface area contributed by atoms with Crippen molar-refractivity contribution in [3.05, 3.63) is 69.2 Å². The van der Waals surface area contributed by atoms with Gasteiger partial charge in [-0.15, -0.1) is 0 Å². The summed E-state index contributed by atoms with van der Waals surface area (Å²) in [6.45, 7) is 0.526. The maximum absolute atomic E-state index is 12.6. The van der Waals surface area contributed by atoms with Crippen molar-refractivity contribution < 1.29 is 13.2 Å². The van der Waals surface area contributed by atoms with Gasteiger partial charge in [0.1, 0.15) is 0 Å². The fourth-order valence-corrected chi connectivity index (χ4v) is 3.76. The largest absolute Gasteiger partial charge is 0.341 e. The number of carbonyl (C=O) groups is 1. The Morgan fingerprint density at radius 1 is 1.12 bits per heavy atom. The predicted octanol–water partition coefficient (Wildman–Crippen LogP) is 3.28. The standard InChI is InChI=1S/C18H16Cl2N2O3S/c1-22-10-15(12-4-7-16(19)17(20)9-12)14(18(22)23)8-11-2-5-13(6-3-11)26(21,24)25/h2-9,15H,10H2,1H3,(H2,21,24,25). The number of amides is 1. The summed E-state index contributed by atoms with van der Waals surface area (Å²) in [7, 11) is -2.02. The van der Waals surface area contributed by atoms with Gasteiger partial charge < -0.3 is 4.90 Å². The van der Waals surface area contributed by atoms with Gasteiger partial charge in [-0.1, -0.05) is 41.4 Å². The van der Waals surface area contributed by atoms with E-state index in [-0.39, 0.29) is 16.7 Å². The van der Waals surface area contributed by atoms with Gasteiger partial charge in [-0.05, 0) is 41.5 Å². The van der Waals surface area contributed by atoms with Crippen molar-refractivity contribution in [2.75, 3.05) is 13.6 Å². The van der Waals surface area contributed by atoms with E-state index in [2.05, 4.69) is 0 Å². The zero-order valence-corrected chi connectivity index (χ0v) is 16.1. The number of likely N-dealkylation sites (tertiary alicyclic amines) is 1. The Morgan fingerprint density at radius 2 is 1.77 bits per heavy atom. The fourth-order valence-electron chi connectivity index (χ4n) is 2.93. The van der Waals surface area contributed by atoms with Gasteiger partial charge in [-0.3, -0.25) is 4.79 Å². The van der Waals surface area contributed by atoms with Crippen molar-refractivity contribution in [2.45, 2.75) is 10.8 Å². The molecule has 1 fully saturated rings. The molecule has 0 saturated carbocycles. The molecule has 1 atom stereocenters. The van der Waals surface area contributed by atoms with E-state index in [1.54, 1.807) is 42.3 Å². The summed E-state index contributed by atoms with van der Waals surface area (Å²) in [5.41, 5.74) is 2.21. The van der Waals surface area contributed by atoms with Crippen LogP contribution in [0.25, 0.3) is 6.08 Å². The SMILES string of the molecule is CN1CC(c2ccc(Cl)c(Cl)c2)C(=Cc2ccc(S(N)(=O)=O)cc2)C1=O. The van der Waals surface area contributed by atoms with Gasteiger partial charge in [0.2, 0.25) is 15.9 Å². The second kappa shape index (κ2) is 7.04. The smallest absolute Gasteiger partial charge is 0.250 e. The lowest BCUT2D eigenvalue weighted by Gasteiger charge is -2.12. The minimum atomic E-state index is -3.75. The van der Waals surface area contributed by atoms with E-state index in [4.69, 9.17) is 28.3 Å². The summed E-state index contributed by atoms with van der Waals surface area (Å²) >= 11 is 12.1. The zero-order valence-electron chi connectivity index (χ0n) is 13.8. The first kappa shape index (κ1) is 18.9. The molecule has 0 aromatic heterocycles. The third-order valence-electron chi connectivity index (χ3n) is 4.30. The molecule has 1 amide bonds. The molecule has 8 heteroatoms. The molecule has 2 N–H and O–H groups in total.